The molecule has 150 valence electrons. The van der Waals surface area contributed by atoms with E-state index in [1.807, 2.05) is 65.6 Å². The fourth-order valence-corrected chi connectivity index (χ4v) is 5.08. The summed E-state index contributed by atoms with van der Waals surface area (Å²) in [4.78, 5) is 15.3. The molecule has 2 aliphatic heterocycles. The highest BCUT2D eigenvalue weighted by Crippen LogP contribution is 2.46. The Morgan fingerprint density at radius 2 is 1.67 bits per heavy atom. The van der Waals surface area contributed by atoms with Crippen LogP contribution in [-0.4, -0.2) is 38.2 Å². The smallest absolute Gasteiger partial charge is 0.273 e. The second-order valence-corrected chi connectivity index (χ2v) is 8.20. The first-order valence-corrected chi connectivity index (χ1v) is 10.3. The van der Waals surface area contributed by atoms with E-state index in [-0.39, 0.29) is 29.2 Å². The topological polar surface area (TPSA) is 93.0 Å². The van der Waals surface area contributed by atoms with Gasteiger partial charge in [-0.3, -0.25) is 9.89 Å². The number of piperidine rings is 1. The van der Waals surface area contributed by atoms with Gasteiger partial charge in [0.05, 0.1) is 5.60 Å². The van der Waals surface area contributed by atoms with Gasteiger partial charge in [0.1, 0.15) is 23.0 Å². The van der Waals surface area contributed by atoms with E-state index in [1.54, 1.807) is 0 Å². The van der Waals surface area contributed by atoms with Crippen LogP contribution in [0.2, 0.25) is 0 Å². The predicted octanol–water partition coefficient (Wildman–Crippen LogP) is 3.60. The van der Waals surface area contributed by atoms with E-state index in [1.165, 1.54) is 0 Å². The lowest BCUT2D eigenvalue weighted by atomic mass is 9.80. The van der Waals surface area contributed by atoms with Crippen LogP contribution in [0.1, 0.15) is 47.3 Å². The molecule has 2 atom stereocenters. The molecule has 2 fully saturated rings. The summed E-state index contributed by atoms with van der Waals surface area (Å²) < 4.78 is 0. The number of carbonyl (C=O) groups is 1. The van der Waals surface area contributed by atoms with Crippen molar-refractivity contribution in [2.45, 2.75) is 43.4 Å². The van der Waals surface area contributed by atoms with Crippen LogP contribution in [0.3, 0.4) is 0 Å². The van der Waals surface area contributed by atoms with Crippen LogP contribution in [0.4, 0.5) is 0 Å². The summed E-state index contributed by atoms with van der Waals surface area (Å²) in [7, 11) is 0. The molecule has 2 saturated heterocycles. The van der Waals surface area contributed by atoms with Crippen LogP contribution >= 0.6 is 0 Å². The summed E-state index contributed by atoms with van der Waals surface area (Å²) in [5.74, 6) is -0.205. The number of aromatic amines is 1. The predicted molar refractivity (Wildman–Crippen MR) is 111 cm³/mol. The van der Waals surface area contributed by atoms with Crippen molar-refractivity contribution >= 4 is 5.91 Å². The molecule has 0 saturated carbocycles. The fourth-order valence-electron chi connectivity index (χ4n) is 5.08. The van der Waals surface area contributed by atoms with Gasteiger partial charge in [-0.2, -0.15) is 10.4 Å². The van der Waals surface area contributed by atoms with Gasteiger partial charge in [-0.1, -0.05) is 60.7 Å². The Kier molecular flexibility index (Phi) is 4.41. The fraction of sp³-hybridized carbons (Fsp3) is 0.292. The number of hydrogen-bond donors (Lipinski definition) is 2. The quantitative estimate of drug-likeness (QED) is 0.705. The van der Waals surface area contributed by atoms with Gasteiger partial charge in [-0.25, -0.2) is 0 Å². The molecule has 3 aromatic rings. The Balaban J connectivity index is 1.45. The molecule has 30 heavy (non-hydrogen) atoms. The monoisotopic (exact) mass is 398 g/mol. The van der Waals surface area contributed by atoms with E-state index in [4.69, 9.17) is 0 Å². The van der Waals surface area contributed by atoms with Crippen LogP contribution in [0.25, 0.3) is 11.3 Å². The average Bonchev–Trinajstić information content (AvgIpc) is 3.34. The minimum Gasteiger partial charge on any atom is -0.385 e. The van der Waals surface area contributed by atoms with Gasteiger partial charge in [0.15, 0.2) is 0 Å². The Hall–Kier alpha value is -3.43. The van der Waals surface area contributed by atoms with E-state index in [2.05, 4.69) is 16.3 Å². The maximum Gasteiger partial charge on any atom is 0.273 e. The number of nitriles is 1. The van der Waals surface area contributed by atoms with Gasteiger partial charge < -0.3 is 10.0 Å². The van der Waals surface area contributed by atoms with Crippen molar-refractivity contribution in [3.63, 3.8) is 0 Å². The number of benzene rings is 2. The maximum atomic E-state index is 13.5. The first kappa shape index (κ1) is 18.6. The second kappa shape index (κ2) is 7.12. The van der Waals surface area contributed by atoms with Crippen molar-refractivity contribution in [2.75, 3.05) is 0 Å². The maximum absolute atomic E-state index is 13.5. The van der Waals surface area contributed by atoms with Gasteiger partial charge in [0.25, 0.3) is 5.91 Å². The minimum atomic E-state index is -0.925. The molecule has 0 aliphatic carbocycles. The third-order valence-electron chi connectivity index (χ3n) is 6.45. The van der Waals surface area contributed by atoms with E-state index >= 15 is 0 Å². The molecule has 2 N–H and O–H groups in total. The van der Waals surface area contributed by atoms with Crippen molar-refractivity contribution in [3.8, 4) is 17.3 Å². The van der Waals surface area contributed by atoms with Crippen molar-refractivity contribution in [1.82, 2.24) is 15.1 Å². The van der Waals surface area contributed by atoms with Crippen molar-refractivity contribution in [1.29, 1.82) is 5.26 Å². The molecule has 6 heteroatoms. The SMILES string of the molecule is N#Cc1c(-c2ccccc2)n[nH]c1C(=O)N1C2CCC1CC(O)(c1ccccc1)C2. The summed E-state index contributed by atoms with van der Waals surface area (Å²) in [5.41, 5.74) is 1.77. The van der Waals surface area contributed by atoms with E-state index in [0.29, 0.717) is 18.5 Å². The van der Waals surface area contributed by atoms with E-state index in [0.717, 1.165) is 24.0 Å². The highest BCUT2D eigenvalue weighted by atomic mass is 16.3. The zero-order chi connectivity index (χ0) is 20.7. The number of nitrogens with one attached hydrogen (secondary N) is 1. The lowest BCUT2D eigenvalue weighted by Crippen LogP contribution is -2.52. The summed E-state index contributed by atoms with van der Waals surface area (Å²) in [5, 5.41) is 28.2. The normalized spacial score (nSPS) is 25.1. The third-order valence-corrected chi connectivity index (χ3v) is 6.45. The highest BCUT2D eigenvalue weighted by Gasteiger charge is 2.50. The number of amides is 1. The lowest BCUT2D eigenvalue weighted by Gasteiger charge is -2.44. The lowest BCUT2D eigenvalue weighted by molar-refractivity contribution is -0.0480. The third kappa shape index (κ3) is 2.90. The largest absolute Gasteiger partial charge is 0.385 e. The highest BCUT2D eigenvalue weighted by molar-refractivity contribution is 5.97. The molecule has 5 rings (SSSR count). The van der Waals surface area contributed by atoms with Crippen molar-refractivity contribution < 1.29 is 9.90 Å². The molecule has 2 aromatic carbocycles. The van der Waals surface area contributed by atoms with Crippen molar-refractivity contribution in [2.24, 2.45) is 0 Å². The van der Waals surface area contributed by atoms with Gasteiger partial charge in [0, 0.05) is 30.5 Å². The average molecular weight is 398 g/mol. The number of carbonyl (C=O) groups excluding carboxylic acids is 1. The zero-order valence-electron chi connectivity index (χ0n) is 16.5. The molecule has 2 aliphatic rings. The number of fused-ring (bicyclic) bond motifs is 2. The van der Waals surface area contributed by atoms with Gasteiger partial charge in [-0.15, -0.1) is 0 Å². The Morgan fingerprint density at radius 1 is 1.07 bits per heavy atom. The number of rotatable bonds is 3. The van der Waals surface area contributed by atoms with E-state index < -0.39 is 5.60 Å². The summed E-state index contributed by atoms with van der Waals surface area (Å²) in [6.45, 7) is 0. The molecule has 0 spiro atoms. The van der Waals surface area contributed by atoms with Crippen LogP contribution in [0.15, 0.2) is 60.7 Å². The standard InChI is InChI=1S/C24H22N4O2/c25-15-20-21(16-7-3-1-4-8-16)26-27-22(20)23(29)28-18-11-12-19(28)14-24(30,13-18)17-9-5-2-6-10-17/h1-10,18-19,30H,11-14H2,(H,26,27). The van der Waals surface area contributed by atoms with Crippen LogP contribution in [0, 0.1) is 11.3 Å². The van der Waals surface area contributed by atoms with E-state index in [9.17, 15) is 15.2 Å². The molecule has 1 aromatic heterocycles. The van der Waals surface area contributed by atoms with Crippen LogP contribution in [-0.2, 0) is 5.60 Å². The summed E-state index contributed by atoms with van der Waals surface area (Å²) >= 11 is 0. The first-order valence-electron chi connectivity index (χ1n) is 10.3. The Labute approximate surface area is 174 Å². The molecule has 3 heterocycles. The summed E-state index contributed by atoms with van der Waals surface area (Å²) in [6, 6.07) is 21.1. The molecule has 2 bridgehead atoms. The molecule has 1 amide bonds. The Morgan fingerprint density at radius 3 is 2.27 bits per heavy atom. The van der Waals surface area contributed by atoms with Gasteiger partial charge in [-0.05, 0) is 18.4 Å². The number of aliphatic hydroxyl groups is 1. The van der Waals surface area contributed by atoms with Gasteiger partial charge >= 0.3 is 0 Å². The minimum absolute atomic E-state index is 0.0588. The Bertz CT molecular complexity index is 1100. The molecular weight excluding hydrogens is 376 g/mol. The first-order chi connectivity index (χ1) is 14.6. The molecule has 6 nitrogen and oxygen atoms in total. The molecule has 2 unspecified atom stereocenters. The zero-order valence-corrected chi connectivity index (χ0v) is 16.5. The van der Waals surface area contributed by atoms with Crippen molar-refractivity contribution in [3.05, 3.63) is 77.5 Å². The second-order valence-electron chi connectivity index (χ2n) is 8.20. The van der Waals surface area contributed by atoms with Crippen LogP contribution < -0.4 is 0 Å². The number of hydrogen-bond acceptors (Lipinski definition) is 4. The van der Waals surface area contributed by atoms with Crippen LogP contribution in [0.5, 0.6) is 0 Å². The number of H-pyrrole nitrogens is 1. The molecule has 0 radical (unpaired) electrons. The number of nitrogens with zero attached hydrogens (tertiary/aromatic N) is 3. The van der Waals surface area contributed by atoms with Gasteiger partial charge in [0.2, 0.25) is 0 Å². The molecular formula is C24H22N4O2. The number of aromatic nitrogens is 2. The summed E-state index contributed by atoms with van der Waals surface area (Å²) in [6.07, 6.45) is 2.71.